The Morgan fingerprint density at radius 3 is 2.55 bits per heavy atom. The number of thioether (sulfide) groups is 1. The number of carbonyl (C=O) groups excluding carboxylic acids is 1. The number of benzene rings is 2. The molecule has 0 spiro atoms. The van der Waals surface area contributed by atoms with Crippen molar-refractivity contribution in [3.8, 4) is 17.1 Å². The van der Waals surface area contributed by atoms with Gasteiger partial charge in [0.15, 0.2) is 4.32 Å². The number of thiocarbonyl (C=S) groups is 1. The molecule has 0 aliphatic carbocycles. The maximum atomic E-state index is 12.8. The predicted molar refractivity (Wildman–Crippen MR) is 118 cm³/mol. The van der Waals surface area contributed by atoms with Crippen molar-refractivity contribution in [2.24, 2.45) is 0 Å². The predicted octanol–water partition coefficient (Wildman–Crippen LogP) is 6.56. The molecular formula is C22H14F3NO3S2. The second-order valence-corrected chi connectivity index (χ2v) is 8.31. The van der Waals surface area contributed by atoms with Crippen LogP contribution in [0.15, 0.2) is 70.0 Å². The molecule has 2 heterocycles. The number of rotatable bonds is 4. The van der Waals surface area contributed by atoms with E-state index in [0.29, 0.717) is 32.0 Å². The zero-order valence-electron chi connectivity index (χ0n) is 16.0. The molecule has 9 heteroatoms. The number of carbonyl (C=O) groups is 1. The number of nitrogens with zero attached hydrogens (tertiary/aromatic N) is 1. The fourth-order valence-electron chi connectivity index (χ4n) is 2.95. The van der Waals surface area contributed by atoms with Gasteiger partial charge in [-0.3, -0.25) is 9.69 Å². The number of alkyl halides is 3. The van der Waals surface area contributed by atoms with E-state index in [9.17, 15) is 18.0 Å². The van der Waals surface area contributed by atoms with Crippen molar-refractivity contribution in [1.82, 2.24) is 0 Å². The van der Waals surface area contributed by atoms with E-state index in [1.165, 1.54) is 23.1 Å². The summed E-state index contributed by atoms with van der Waals surface area (Å²) in [4.78, 5) is 14.7. The smallest absolute Gasteiger partial charge is 0.457 e. The van der Waals surface area contributed by atoms with Crippen LogP contribution < -0.4 is 9.64 Å². The van der Waals surface area contributed by atoms with E-state index in [1.54, 1.807) is 24.3 Å². The average molecular weight is 461 g/mol. The molecule has 1 aliphatic heterocycles. The topological polar surface area (TPSA) is 42.7 Å². The van der Waals surface area contributed by atoms with E-state index in [2.05, 4.69) is 4.74 Å². The van der Waals surface area contributed by atoms with E-state index < -0.39 is 6.36 Å². The third-order valence-corrected chi connectivity index (χ3v) is 5.64. The van der Waals surface area contributed by atoms with Crippen LogP contribution in [0.2, 0.25) is 0 Å². The molecule has 1 amide bonds. The molecule has 3 aromatic rings. The summed E-state index contributed by atoms with van der Waals surface area (Å²) < 4.78 is 47.4. The van der Waals surface area contributed by atoms with Gasteiger partial charge < -0.3 is 9.15 Å². The zero-order chi connectivity index (χ0) is 22.2. The van der Waals surface area contributed by atoms with Crippen LogP contribution in [0.5, 0.6) is 5.75 Å². The van der Waals surface area contributed by atoms with Crippen molar-refractivity contribution in [2.45, 2.75) is 13.3 Å². The van der Waals surface area contributed by atoms with Crippen LogP contribution in [0, 0.1) is 6.92 Å². The highest BCUT2D eigenvalue weighted by atomic mass is 32.2. The minimum Gasteiger partial charge on any atom is -0.457 e. The fourth-order valence-corrected chi connectivity index (χ4v) is 4.22. The lowest BCUT2D eigenvalue weighted by molar-refractivity contribution is -0.274. The van der Waals surface area contributed by atoms with E-state index >= 15 is 0 Å². The third-order valence-electron chi connectivity index (χ3n) is 4.34. The molecule has 4 rings (SSSR count). The lowest BCUT2D eigenvalue weighted by Crippen LogP contribution is -2.27. The molecule has 0 bridgehead atoms. The van der Waals surface area contributed by atoms with Gasteiger partial charge in [-0.1, -0.05) is 53.8 Å². The summed E-state index contributed by atoms with van der Waals surface area (Å²) in [5.74, 6) is 0.105. The lowest BCUT2D eigenvalue weighted by Gasteiger charge is -2.14. The van der Waals surface area contributed by atoms with Gasteiger partial charge in [0, 0.05) is 11.6 Å². The molecule has 1 aliphatic rings. The van der Waals surface area contributed by atoms with Crippen molar-refractivity contribution >= 4 is 46.0 Å². The van der Waals surface area contributed by atoms with Gasteiger partial charge in [0.1, 0.15) is 17.3 Å². The van der Waals surface area contributed by atoms with Crippen LogP contribution in [0.25, 0.3) is 17.4 Å². The van der Waals surface area contributed by atoms with Gasteiger partial charge in [0.25, 0.3) is 5.91 Å². The Kier molecular flexibility index (Phi) is 5.63. The van der Waals surface area contributed by atoms with Crippen LogP contribution in [0.4, 0.5) is 18.9 Å². The van der Waals surface area contributed by atoms with Crippen molar-refractivity contribution in [3.05, 3.63) is 76.9 Å². The van der Waals surface area contributed by atoms with Gasteiger partial charge in [0.2, 0.25) is 0 Å². The SMILES string of the molecule is Cc1ccc(N2C(=O)/C(=C\c3ccc(-c4cccc(OC(F)(F)F)c4)o3)SC2=S)cc1. The minimum atomic E-state index is -4.78. The normalized spacial score (nSPS) is 15.7. The Balaban J connectivity index is 1.56. The lowest BCUT2D eigenvalue weighted by atomic mass is 10.1. The molecule has 31 heavy (non-hydrogen) atoms. The van der Waals surface area contributed by atoms with Crippen LogP contribution in [-0.4, -0.2) is 16.6 Å². The first-order valence-electron chi connectivity index (χ1n) is 9.00. The number of ether oxygens (including phenoxy) is 1. The first kappa shape index (κ1) is 21.2. The highest BCUT2D eigenvalue weighted by Gasteiger charge is 2.33. The summed E-state index contributed by atoms with van der Waals surface area (Å²) in [6.07, 6.45) is -3.22. The Morgan fingerprint density at radius 2 is 1.84 bits per heavy atom. The number of hydrogen-bond donors (Lipinski definition) is 0. The summed E-state index contributed by atoms with van der Waals surface area (Å²) in [7, 11) is 0. The molecular weight excluding hydrogens is 447 g/mol. The molecule has 1 aromatic heterocycles. The Labute approximate surface area is 185 Å². The maximum absolute atomic E-state index is 12.8. The van der Waals surface area contributed by atoms with Crippen molar-refractivity contribution in [1.29, 1.82) is 0 Å². The van der Waals surface area contributed by atoms with Crippen molar-refractivity contribution in [3.63, 3.8) is 0 Å². The number of halogens is 3. The molecule has 4 nitrogen and oxygen atoms in total. The molecule has 0 radical (unpaired) electrons. The van der Waals surface area contributed by atoms with Crippen molar-refractivity contribution < 1.29 is 27.1 Å². The average Bonchev–Trinajstić information content (AvgIpc) is 3.27. The van der Waals surface area contributed by atoms with Gasteiger partial charge in [-0.2, -0.15) is 0 Å². The fraction of sp³-hybridized carbons (Fsp3) is 0.0909. The number of amides is 1. The number of furan rings is 1. The highest BCUT2D eigenvalue weighted by molar-refractivity contribution is 8.27. The Hall–Kier alpha value is -3.04. The van der Waals surface area contributed by atoms with Crippen LogP contribution in [-0.2, 0) is 4.79 Å². The van der Waals surface area contributed by atoms with Gasteiger partial charge in [-0.15, -0.1) is 13.2 Å². The van der Waals surface area contributed by atoms with E-state index in [4.69, 9.17) is 16.6 Å². The van der Waals surface area contributed by atoms with Crippen LogP contribution in [0.1, 0.15) is 11.3 Å². The van der Waals surface area contributed by atoms with Gasteiger partial charge >= 0.3 is 6.36 Å². The molecule has 0 unspecified atom stereocenters. The van der Waals surface area contributed by atoms with Gasteiger partial charge in [-0.25, -0.2) is 0 Å². The third kappa shape index (κ3) is 4.83. The molecule has 2 aromatic carbocycles. The molecule has 158 valence electrons. The Bertz CT molecular complexity index is 1180. The van der Waals surface area contributed by atoms with E-state index in [0.717, 1.165) is 17.3 Å². The first-order chi connectivity index (χ1) is 14.7. The van der Waals surface area contributed by atoms with Gasteiger partial charge in [-0.05, 0) is 43.3 Å². The van der Waals surface area contributed by atoms with E-state index in [1.807, 2.05) is 31.2 Å². The summed E-state index contributed by atoms with van der Waals surface area (Å²) in [5, 5.41) is 0. The van der Waals surface area contributed by atoms with Crippen molar-refractivity contribution in [2.75, 3.05) is 4.90 Å². The number of hydrogen-bond acceptors (Lipinski definition) is 5. The first-order valence-corrected chi connectivity index (χ1v) is 10.2. The summed E-state index contributed by atoms with van der Waals surface area (Å²) in [5.41, 5.74) is 2.16. The largest absolute Gasteiger partial charge is 0.573 e. The zero-order valence-corrected chi connectivity index (χ0v) is 17.6. The highest BCUT2D eigenvalue weighted by Crippen LogP contribution is 2.37. The summed E-state index contributed by atoms with van der Waals surface area (Å²) >= 11 is 6.51. The monoisotopic (exact) mass is 461 g/mol. The molecule has 1 fully saturated rings. The quantitative estimate of drug-likeness (QED) is 0.325. The summed E-state index contributed by atoms with van der Waals surface area (Å²) in [6.45, 7) is 1.95. The standard InChI is InChI=1S/C22H14F3NO3S2/c1-13-5-7-15(8-6-13)26-20(27)19(31-21(26)30)12-16-9-10-18(28-16)14-3-2-4-17(11-14)29-22(23,24)25/h2-12H,1H3/b19-12+. The molecule has 1 saturated heterocycles. The van der Waals surface area contributed by atoms with Gasteiger partial charge in [0.05, 0.1) is 10.6 Å². The number of aryl methyl sites for hydroxylation is 1. The second-order valence-electron chi connectivity index (χ2n) is 6.63. The number of anilines is 1. The van der Waals surface area contributed by atoms with Crippen LogP contribution >= 0.6 is 24.0 Å². The summed E-state index contributed by atoms with van der Waals surface area (Å²) in [6, 6.07) is 16.1. The molecule has 0 atom stereocenters. The van der Waals surface area contributed by atoms with E-state index in [-0.39, 0.29) is 11.7 Å². The van der Waals surface area contributed by atoms with Crippen LogP contribution in [0.3, 0.4) is 0 Å². The minimum absolute atomic E-state index is 0.266. The molecule has 0 N–H and O–H groups in total. The molecule has 0 saturated carbocycles. The Morgan fingerprint density at radius 1 is 1.10 bits per heavy atom. The maximum Gasteiger partial charge on any atom is 0.573 e. The second kappa shape index (κ2) is 8.24.